The molecule has 0 atom stereocenters. The fourth-order valence-electron chi connectivity index (χ4n) is 1.86. The number of rotatable bonds is 3. The van der Waals surface area contributed by atoms with Crippen LogP contribution in [0.1, 0.15) is 24.2 Å². The molecule has 0 bridgehead atoms. The fraction of sp³-hybridized carbons (Fsp3) is 0.364. The zero-order valence-corrected chi connectivity index (χ0v) is 10.1. The lowest BCUT2D eigenvalue weighted by Crippen LogP contribution is -2.32. The average molecular weight is 250 g/mol. The molecule has 3 N–H and O–H groups in total. The molecule has 0 aromatic carbocycles. The number of fused-ring (bicyclic) bond motifs is 1. The summed E-state index contributed by atoms with van der Waals surface area (Å²) in [5.41, 5.74) is 4.51. The Labute approximate surface area is 102 Å². The molecule has 0 fully saturated rings. The minimum atomic E-state index is -0.965. The SMILES string of the molecule is CC(C)Cn1c(=O)c(C(N)=O)c(O)n2nccc12. The Balaban J connectivity index is 2.87. The van der Waals surface area contributed by atoms with Crippen LogP contribution in [0.2, 0.25) is 0 Å². The predicted molar refractivity (Wildman–Crippen MR) is 64.5 cm³/mol. The maximum absolute atomic E-state index is 12.1. The van der Waals surface area contributed by atoms with Gasteiger partial charge in [0.25, 0.3) is 11.5 Å². The van der Waals surface area contributed by atoms with Gasteiger partial charge in [-0.05, 0) is 5.92 Å². The van der Waals surface area contributed by atoms with Crippen LogP contribution >= 0.6 is 0 Å². The highest BCUT2D eigenvalue weighted by atomic mass is 16.3. The summed E-state index contributed by atoms with van der Waals surface area (Å²) in [7, 11) is 0. The molecular weight excluding hydrogens is 236 g/mol. The highest BCUT2D eigenvalue weighted by Crippen LogP contribution is 2.15. The molecule has 2 aromatic rings. The molecule has 0 unspecified atom stereocenters. The number of aromatic hydroxyl groups is 1. The van der Waals surface area contributed by atoms with E-state index < -0.39 is 22.9 Å². The van der Waals surface area contributed by atoms with Crippen LogP contribution in [0.5, 0.6) is 5.88 Å². The summed E-state index contributed by atoms with van der Waals surface area (Å²) < 4.78 is 2.52. The van der Waals surface area contributed by atoms with Crippen molar-refractivity contribution in [3.63, 3.8) is 0 Å². The monoisotopic (exact) mass is 250 g/mol. The summed E-state index contributed by atoms with van der Waals surface area (Å²) in [6.07, 6.45) is 1.44. The molecule has 1 amide bonds. The molecule has 2 rings (SSSR count). The first-order valence-electron chi connectivity index (χ1n) is 5.52. The molecule has 0 radical (unpaired) electrons. The van der Waals surface area contributed by atoms with E-state index in [1.165, 1.54) is 10.8 Å². The molecule has 7 heteroatoms. The van der Waals surface area contributed by atoms with Gasteiger partial charge in [0.15, 0.2) is 5.56 Å². The first-order valence-corrected chi connectivity index (χ1v) is 5.52. The molecule has 2 heterocycles. The van der Waals surface area contributed by atoms with Crippen molar-refractivity contribution >= 4 is 11.6 Å². The third-order valence-electron chi connectivity index (χ3n) is 2.58. The van der Waals surface area contributed by atoms with Crippen LogP contribution in [-0.4, -0.2) is 25.2 Å². The van der Waals surface area contributed by atoms with Crippen molar-refractivity contribution in [2.45, 2.75) is 20.4 Å². The lowest BCUT2D eigenvalue weighted by atomic mass is 10.2. The summed E-state index contributed by atoms with van der Waals surface area (Å²) in [5, 5.41) is 13.7. The molecule has 96 valence electrons. The number of amides is 1. The van der Waals surface area contributed by atoms with Gasteiger partial charge in [0.2, 0.25) is 5.88 Å². The Kier molecular flexibility index (Phi) is 2.82. The van der Waals surface area contributed by atoms with E-state index in [4.69, 9.17) is 5.73 Å². The molecular formula is C11H14N4O3. The Bertz CT molecular complexity index is 669. The molecule has 0 aliphatic rings. The van der Waals surface area contributed by atoms with Crippen LogP contribution in [-0.2, 0) is 6.54 Å². The number of carbonyl (C=O) groups is 1. The molecule has 0 saturated carbocycles. The van der Waals surface area contributed by atoms with Gasteiger partial charge in [-0.15, -0.1) is 0 Å². The minimum Gasteiger partial charge on any atom is -0.492 e. The number of aromatic nitrogens is 3. The molecule has 0 saturated heterocycles. The molecule has 7 nitrogen and oxygen atoms in total. The smallest absolute Gasteiger partial charge is 0.270 e. The van der Waals surface area contributed by atoms with Crippen molar-refractivity contribution in [3.8, 4) is 5.88 Å². The topological polar surface area (TPSA) is 103 Å². The summed E-state index contributed by atoms with van der Waals surface area (Å²) in [4.78, 5) is 23.4. The number of primary amides is 1. The first kappa shape index (κ1) is 12.2. The van der Waals surface area contributed by atoms with E-state index in [2.05, 4.69) is 5.10 Å². The Hall–Kier alpha value is -2.31. The molecule has 0 spiro atoms. The van der Waals surface area contributed by atoms with E-state index in [1.54, 1.807) is 6.07 Å². The second kappa shape index (κ2) is 4.17. The van der Waals surface area contributed by atoms with Crippen molar-refractivity contribution in [3.05, 3.63) is 28.2 Å². The first-order chi connectivity index (χ1) is 8.43. The van der Waals surface area contributed by atoms with Crippen LogP contribution in [0.25, 0.3) is 5.65 Å². The Morgan fingerprint density at radius 2 is 2.22 bits per heavy atom. The van der Waals surface area contributed by atoms with Crippen molar-refractivity contribution in [2.75, 3.05) is 0 Å². The zero-order chi connectivity index (χ0) is 13.4. The van der Waals surface area contributed by atoms with Crippen molar-refractivity contribution < 1.29 is 9.90 Å². The summed E-state index contributed by atoms with van der Waals surface area (Å²) in [6.45, 7) is 4.29. The summed E-state index contributed by atoms with van der Waals surface area (Å²) >= 11 is 0. The molecule has 0 aliphatic heterocycles. The van der Waals surface area contributed by atoms with E-state index in [0.717, 1.165) is 4.52 Å². The van der Waals surface area contributed by atoms with Crippen LogP contribution in [0.15, 0.2) is 17.1 Å². The van der Waals surface area contributed by atoms with E-state index in [0.29, 0.717) is 12.2 Å². The minimum absolute atomic E-state index is 0.201. The molecule has 18 heavy (non-hydrogen) atoms. The van der Waals surface area contributed by atoms with Gasteiger partial charge < -0.3 is 10.8 Å². The van der Waals surface area contributed by atoms with Gasteiger partial charge in [0, 0.05) is 12.6 Å². The lowest BCUT2D eigenvalue weighted by molar-refractivity contribution is 0.0994. The van der Waals surface area contributed by atoms with Crippen LogP contribution < -0.4 is 11.3 Å². The maximum atomic E-state index is 12.1. The van der Waals surface area contributed by atoms with Crippen molar-refractivity contribution in [1.82, 2.24) is 14.2 Å². The average Bonchev–Trinajstić information content (AvgIpc) is 2.72. The number of nitrogens with two attached hydrogens (primary N) is 1. The number of nitrogens with zero attached hydrogens (tertiary/aromatic N) is 3. The standard InChI is InChI=1S/C11H14N4O3/c1-6(2)5-14-7-3-4-13-15(7)11(18)8(9(12)16)10(14)17/h3-4,6,18H,5H2,1-2H3,(H2,12,16). The van der Waals surface area contributed by atoms with E-state index in [-0.39, 0.29) is 5.92 Å². The third-order valence-corrected chi connectivity index (χ3v) is 2.58. The van der Waals surface area contributed by atoms with Gasteiger partial charge in [-0.25, -0.2) is 0 Å². The fourth-order valence-corrected chi connectivity index (χ4v) is 1.86. The highest BCUT2D eigenvalue weighted by molar-refractivity contribution is 5.94. The molecule has 2 aromatic heterocycles. The maximum Gasteiger partial charge on any atom is 0.270 e. The van der Waals surface area contributed by atoms with Gasteiger partial charge in [0.1, 0.15) is 5.65 Å². The van der Waals surface area contributed by atoms with Gasteiger partial charge >= 0.3 is 0 Å². The normalized spacial score (nSPS) is 11.3. The largest absolute Gasteiger partial charge is 0.492 e. The van der Waals surface area contributed by atoms with Gasteiger partial charge in [-0.1, -0.05) is 13.8 Å². The van der Waals surface area contributed by atoms with Crippen molar-refractivity contribution in [1.29, 1.82) is 0 Å². The quantitative estimate of drug-likeness (QED) is 0.797. The second-order valence-corrected chi connectivity index (χ2v) is 4.47. The predicted octanol–water partition coefficient (Wildman–Crippen LogP) is -0.0435. The van der Waals surface area contributed by atoms with Gasteiger partial charge in [0.05, 0.1) is 6.20 Å². The lowest BCUT2D eigenvalue weighted by Gasteiger charge is -2.13. The highest BCUT2D eigenvalue weighted by Gasteiger charge is 2.21. The third kappa shape index (κ3) is 1.73. The van der Waals surface area contributed by atoms with Gasteiger partial charge in [-0.3, -0.25) is 14.2 Å². The second-order valence-electron chi connectivity index (χ2n) is 4.47. The number of hydrogen-bond acceptors (Lipinski definition) is 4. The van der Waals surface area contributed by atoms with E-state index >= 15 is 0 Å². The number of carbonyl (C=O) groups excluding carboxylic acids is 1. The summed E-state index contributed by atoms with van der Waals surface area (Å²) in [6, 6.07) is 1.59. The van der Waals surface area contributed by atoms with Crippen LogP contribution in [0.3, 0.4) is 0 Å². The van der Waals surface area contributed by atoms with Crippen LogP contribution in [0.4, 0.5) is 0 Å². The Morgan fingerprint density at radius 1 is 1.56 bits per heavy atom. The van der Waals surface area contributed by atoms with E-state index in [1.807, 2.05) is 13.8 Å². The van der Waals surface area contributed by atoms with Gasteiger partial charge in [-0.2, -0.15) is 9.61 Å². The van der Waals surface area contributed by atoms with Crippen LogP contribution in [0, 0.1) is 5.92 Å². The van der Waals surface area contributed by atoms with E-state index in [9.17, 15) is 14.7 Å². The molecule has 0 aliphatic carbocycles. The summed E-state index contributed by atoms with van der Waals surface area (Å²) in [5.74, 6) is -1.29. The van der Waals surface area contributed by atoms with Crippen molar-refractivity contribution in [2.24, 2.45) is 11.7 Å². The zero-order valence-electron chi connectivity index (χ0n) is 10.1. The number of hydrogen-bond donors (Lipinski definition) is 2. The Morgan fingerprint density at radius 3 is 2.78 bits per heavy atom.